The highest BCUT2D eigenvalue weighted by molar-refractivity contribution is 7.16. The van der Waals surface area contributed by atoms with Crippen LogP contribution in [-0.2, 0) is 0 Å². The molecule has 196 valence electrons. The third-order valence-corrected chi connectivity index (χ3v) is 7.94. The number of hydrogen-bond donors (Lipinski definition) is 1. The maximum atomic E-state index is 13.4. The number of nitrogens with zero attached hydrogens (tertiary/aromatic N) is 7. The number of thiazole rings is 1. The van der Waals surface area contributed by atoms with Crippen molar-refractivity contribution in [3.05, 3.63) is 34.6 Å². The molecule has 0 atom stereocenters. The second kappa shape index (κ2) is 9.79. The zero-order valence-electron chi connectivity index (χ0n) is 22.5. The predicted molar refractivity (Wildman–Crippen MR) is 150 cm³/mol. The molecular weight excluding hydrogens is 488 g/mol. The first-order valence-corrected chi connectivity index (χ1v) is 13.3. The standard InChI is InChI=1S/C26H34N8O2S/c1-15(2)34-20-14-27-26(30-23(20)32(6)25-22(24(34)35)28-17(4)37-25)29-18-12-16(3)19(13-21(18)36-7)33-10-8-31(5)9-11-33/h12-15H,8-11H2,1-7H3,(H,27,29,30). The van der Waals surface area contributed by atoms with Crippen molar-refractivity contribution in [1.82, 2.24) is 19.9 Å². The van der Waals surface area contributed by atoms with E-state index in [0.717, 1.165) is 53.2 Å². The average Bonchev–Trinajstić information content (AvgIpc) is 3.23. The summed E-state index contributed by atoms with van der Waals surface area (Å²) in [5.74, 6) is 1.66. The normalized spacial score (nSPS) is 16.1. The fourth-order valence-electron chi connectivity index (χ4n) is 4.91. The SMILES string of the molecule is COc1cc(N2CCN(C)CC2)c(C)cc1Nc1ncc2c(n1)N(C)c1sc(C)nc1C(=O)N2C(C)C. The van der Waals surface area contributed by atoms with E-state index in [0.29, 0.717) is 23.1 Å². The first-order chi connectivity index (χ1) is 17.7. The Balaban J connectivity index is 1.51. The van der Waals surface area contributed by atoms with Crippen molar-refractivity contribution < 1.29 is 9.53 Å². The molecule has 0 aliphatic carbocycles. The molecule has 0 radical (unpaired) electrons. The van der Waals surface area contributed by atoms with E-state index in [4.69, 9.17) is 9.72 Å². The van der Waals surface area contributed by atoms with Gasteiger partial charge in [0.05, 0.1) is 24.0 Å². The van der Waals surface area contributed by atoms with Gasteiger partial charge in [-0.05, 0) is 46.4 Å². The molecule has 1 amide bonds. The summed E-state index contributed by atoms with van der Waals surface area (Å²) in [5.41, 5.74) is 4.23. The number of piperazine rings is 1. The fraction of sp³-hybridized carbons (Fsp3) is 0.462. The Kier molecular flexibility index (Phi) is 6.67. The van der Waals surface area contributed by atoms with Crippen molar-refractivity contribution in [2.45, 2.75) is 33.7 Å². The maximum Gasteiger partial charge on any atom is 0.280 e. The van der Waals surface area contributed by atoms with Gasteiger partial charge in [-0.2, -0.15) is 4.98 Å². The zero-order chi connectivity index (χ0) is 26.4. The lowest BCUT2D eigenvalue weighted by atomic mass is 10.1. The number of likely N-dealkylation sites (N-methyl/N-ethyl adjacent to an activating group) is 1. The number of carbonyl (C=O) groups is 1. The first-order valence-electron chi connectivity index (χ1n) is 12.5. The van der Waals surface area contributed by atoms with Gasteiger partial charge in [0, 0.05) is 51.0 Å². The largest absolute Gasteiger partial charge is 0.494 e. The summed E-state index contributed by atoms with van der Waals surface area (Å²) >= 11 is 1.48. The average molecular weight is 523 g/mol. The molecule has 1 aromatic carbocycles. The van der Waals surface area contributed by atoms with Gasteiger partial charge in [0.15, 0.2) is 11.5 Å². The van der Waals surface area contributed by atoms with E-state index < -0.39 is 0 Å². The third kappa shape index (κ3) is 4.57. The highest BCUT2D eigenvalue weighted by atomic mass is 32.1. The molecular formula is C26H34N8O2S. The van der Waals surface area contributed by atoms with Crippen LogP contribution in [0.15, 0.2) is 18.3 Å². The minimum absolute atomic E-state index is 0.0834. The van der Waals surface area contributed by atoms with Crippen LogP contribution in [0.4, 0.5) is 33.8 Å². The van der Waals surface area contributed by atoms with E-state index in [9.17, 15) is 4.79 Å². The second-order valence-corrected chi connectivity index (χ2v) is 11.1. The number of amides is 1. The maximum absolute atomic E-state index is 13.4. The number of ether oxygens (including phenoxy) is 1. The van der Waals surface area contributed by atoms with Gasteiger partial charge in [0.2, 0.25) is 5.95 Å². The van der Waals surface area contributed by atoms with Gasteiger partial charge in [-0.15, -0.1) is 11.3 Å². The number of hydrogen-bond acceptors (Lipinski definition) is 10. The summed E-state index contributed by atoms with van der Waals surface area (Å²) in [4.78, 5) is 35.8. The number of aryl methyl sites for hydroxylation is 2. The smallest absolute Gasteiger partial charge is 0.280 e. The van der Waals surface area contributed by atoms with Crippen molar-refractivity contribution in [2.75, 3.05) is 67.4 Å². The molecule has 0 unspecified atom stereocenters. The summed E-state index contributed by atoms with van der Waals surface area (Å²) in [6.07, 6.45) is 1.71. The Bertz CT molecular complexity index is 1330. The monoisotopic (exact) mass is 522 g/mol. The van der Waals surface area contributed by atoms with Crippen LogP contribution in [0.2, 0.25) is 0 Å². The van der Waals surface area contributed by atoms with Crippen molar-refractivity contribution in [3.8, 4) is 5.75 Å². The minimum Gasteiger partial charge on any atom is -0.494 e. The van der Waals surface area contributed by atoms with Crippen LogP contribution in [0.25, 0.3) is 0 Å². The minimum atomic E-state index is -0.138. The van der Waals surface area contributed by atoms with E-state index in [1.54, 1.807) is 18.2 Å². The molecule has 2 aliphatic heterocycles. The fourth-order valence-corrected chi connectivity index (χ4v) is 5.78. The number of methoxy groups -OCH3 is 1. The molecule has 4 heterocycles. The van der Waals surface area contributed by atoms with Gasteiger partial charge in [-0.3, -0.25) is 9.69 Å². The topological polar surface area (TPSA) is 90.0 Å². The molecule has 10 nitrogen and oxygen atoms in total. The van der Waals surface area contributed by atoms with E-state index in [1.165, 1.54) is 17.0 Å². The molecule has 1 fully saturated rings. The van der Waals surface area contributed by atoms with E-state index in [1.807, 2.05) is 32.7 Å². The summed E-state index contributed by atoms with van der Waals surface area (Å²) < 4.78 is 5.77. The van der Waals surface area contributed by atoms with Gasteiger partial charge >= 0.3 is 0 Å². The number of nitrogens with one attached hydrogen (secondary N) is 1. The Hall–Kier alpha value is -3.44. The van der Waals surface area contributed by atoms with E-state index >= 15 is 0 Å². The van der Waals surface area contributed by atoms with Gasteiger partial charge in [-0.25, -0.2) is 9.97 Å². The molecule has 0 spiro atoms. The zero-order valence-corrected chi connectivity index (χ0v) is 23.3. The van der Waals surface area contributed by atoms with Crippen molar-refractivity contribution in [2.24, 2.45) is 0 Å². The first kappa shape index (κ1) is 25.2. The molecule has 37 heavy (non-hydrogen) atoms. The quantitative estimate of drug-likeness (QED) is 0.530. The Morgan fingerprint density at radius 3 is 2.46 bits per heavy atom. The van der Waals surface area contributed by atoms with Crippen LogP contribution in [0.3, 0.4) is 0 Å². The number of carbonyl (C=O) groups excluding carboxylic acids is 1. The highest BCUT2D eigenvalue weighted by Crippen LogP contribution is 2.42. The molecule has 2 aromatic heterocycles. The Morgan fingerprint density at radius 1 is 1.05 bits per heavy atom. The summed E-state index contributed by atoms with van der Waals surface area (Å²) in [5, 5.41) is 4.98. The Morgan fingerprint density at radius 2 is 1.78 bits per heavy atom. The third-order valence-electron chi connectivity index (χ3n) is 6.89. The van der Waals surface area contributed by atoms with Crippen LogP contribution >= 0.6 is 11.3 Å². The van der Waals surface area contributed by atoms with Crippen molar-refractivity contribution >= 4 is 51.1 Å². The molecule has 1 N–H and O–H groups in total. The van der Waals surface area contributed by atoms with Gasteiger partial charge in [-0.1, -0.05) is 0 Å². The number of fused-ring (bicyclic) bond motifs is 2. The molecule has 0 saturated carbocycles. The summed E-state index contributed by atoms with van der Waals surface area (Å²) in [6.45, 7) is 12.0. The lowest BCUT2D eigenvalue weighted by Gasteiger charge is -2.35. The lowest BCUT2D eigenvalue weighted by Crippen LogP contribution is -2.44. The number of anilines is 6. The summed E-state index contributed by atoms with van der Waals surface area (Å²) in [7, 11) is 5.75. The van der Waals surface area contributed by atoms with Crippen LogP contribution < -0.4 is 24.8 Å². The van der Waals surface area contributed by atoms with Crippen LogP contribution in [0.1, 0.15) is 34.9 Å². The number of aromatic nitrogens is 3. The van der Waals surface area contributed by atoms with Crippen LogP contribution in [-0.4, -0.2) is 79.2 Å². The van der Waals surface area contributed by atoms with Crippen molar-refractivity contribution in [1.29, 1.82) is 0 Å². The number of rotatable bonds is 5. The molecule has 1 saturated heterocycles. The van der Waals surface area contributed by atoms with E-state index in [-0.39, 0.29) is 11.9 Å². The Labute approximate surface area is 221 Å². The molecule has 11 heteroatoms. The van der Waals surface area contributed by atoms with Crippen LogP contribution in [0, 0.1) is 13.8 Å². The molecule has 2 aliphatic rings. The lowest BCUT2D eigenvalue weighted by molar-refractivity contribution is 0.0977. The van der Waals surface area contributed by atoms with Crippen molar-refractivity contribution in [3.63, 3.8) is 0 Å². The highest BCUT2D eigenvalue weighted by Gasteiger charge is 2.35. The molecule has 3 aromatic rings. The molecule has 0 bridgehead atoms. The summed E-state index contributed by atoms with van der Waals surface area (Å²) in [6, 6.07) is 4.09. The van der Waals surface area contributed by atoms with Crippen LogP contribution in [0.5, 0.6) is 5.75 Å². The van der Waals surface area contributed by atoms with E-state index in [2.05, 4.69) is 51.2 Å². The van der Waals surface area contributed by atoms with Gasteiger partial charge in [0.1, 0.15) is 16.4 Å². The van der Waals surface area contributed by atoms with Gasteiger partial charge < -0.3 is 24.8 Å². The predicted octanol–water partition coefficient (Wildman–Crippen LogP) is 4.19. The van der Waals surface area contributed by atoms with Gasteiger partial charge in [0.25, 0.3) is 5.91 Å². The number of benzene rings is 1. The molecule has 5 rings (SSSR count). The second-order valence-electron chi connectivity index (χ2n) is 9.87.